The molecule has 0 aliphatic carbocycles. The topological polar surface area (TPSA) is 40.6 Å². The lowest BCUT2D eigenvalue weighted by Crippen LogP contribution is -2.51. The fourth-order valence-corrected chi connectivity index (χ4v) is 4.10. The van der Waals surface area contributed by atoms with E-state index in [9.17, 15) is 9.59 Å². The zero-order valence-corrected chi connectivity index (χ0v) is 17.0. The van der Waals surface area contributed by atoms with Crippen LogP contribution in [0.2, 0.25) is 0 Å². The molecule has 28 heavy (non-hydrogen) atoms. The van der Waals surface area contributed by atoms with Gasteiger partial charge in [0.25, 0.3) is 0 Å². The minimum absolute atomic E-state index is 0.339. The van der Waals surface area contributed by atoms with Crippen molar-refractivity contribution < 1.29 is 0 Å². The van der Waals surface area contributed by atoms with Crippen LogP contribution >= 0.6 is 0 Å². The van der Waals surface area contributed by atoms with E-state index in [4.69, 9.17) is 0 Å². The summed E-state index contributed by atoms with van der Waals surface area (Å²) in [4.78, 5) is 29.2. The van der Waals surface area contributed by atoms with Crippen LogP contribution in [0.4, 0.5) is 11.4 Å². The van der Waals surface area contributed by atoms with E-state index < -0.39 is 0 Å². The first-order valence-corrected chi connectivity index (χ1v) is 9.85. The lowest BCUT2D eigenvalue weighted by atomic mass is 9.94. The smallest absolute Gasteiger partial charge is 0.250 e. The number of anilines is 2. The van der Waals surface area contributed by atoms with Crippen LogP contribution in [0.3, 0.4) is 0 Å². The normalized spacial score (nSPS) is 14.7. The van der Waals surface area contributed by atoms with Crippen molar-refractivity contribution in [2.45, 2.75) is 27.7 Å². The number of hydrogen-bond acceptors (Lipinski definition) is 4. The Morgan fingerprint density at radius 2 is 1.39 bits per heavy atom. The van der Waals surface area contributed by atoms with Gasteiger partial charge in [-0.1, -0.05) is 30.3 Å². The Kier molecular flexibility index (Phi) is 4.58. The fourth-order valence-electron chi connectivity index (χ4n) is 4.10. The zero-order valence-electron chi connectivity index (χ0n) is 17.0. The van der Waals surface area contributed by atoms with Gasteiger partial charge in [-0.05, 0) is 61.6 Å². The largest absolute Gasteiger partial charge is 0.368 e. The highest BCUT2D eigenvalue weighted by molar-refractivity contribution is 5.83. The van der Waals surface area contributed by atoms with E-state index in [1.54, 1.807) is 0 Å². The van der Waals surface area contributed by atoms with Gasteiger partial charge in [-0.2, -0.15) is 0 Å². The van der Waals surface area contributed by atoms with Crippen molar-refractivity contribution in [3.05, 3.63) is 79.1 Å². The SMILES string of the molecule is Cc1ccc(-c2c(N3CCN(c4cccc(C)c4C)CC3)c(=O)c2=O)cc1C. The van der Waals surface area contributed by atoms with Crippen LogP contribution in [-0.2, 0) is 0 Å². The molecule has 0 radical (unpaired) electrons. The molecule has 4 rings (SSSR count). The minimum atomic E-state index is -0.352. The predicted octanol–water partition coefficient (Wildman–Crippen LogP) is 3.51. The predicted molar refractivity (Wildman–Crippen MR) is 117 cm³/mol. The van der Waals surface area contributed by atoms with Gasteiger partial charge in [0.15, 0.2) is 0 Å². The maximum absolute atomic E-state index is 12.4. The molecule has 3 aromatic carbocycles. The van der Waals surface area contributed by atoms with E-state index in [0.29, 0.717) is 11.3 Å². The Morgan fingerprint density at radius 1 is 0.714 bits per heavy atom. The number of nitrogens with zero attached hydrogens (tertiary/aromatic N) is 2. The lowest BCUT2D eigenvalue weighted by Gasteiger charge is -2.39. The van der Waals surface area contributed by atoms with Gasteiger partial charge in [-0.25, -0.2) is 0 Å². The highest BCUT2D eigenvalue weighted by Gasteiger charge is 2.29. The average Bonchev–Trinajstić information content (AvgIpc) is 2.70. The van der Waals surface area contributed by atoms with Crippen LogP contribution in [0, 0.1) is 27.7 Å². The third-order valence-electron chi connectivity index (χ3n) is 6.19. The molecule has 0 N–H and O–H groups in total. The van der Waals surface area contributed by atoms with Crippen LogP contribution in [0.1, 0.15) is 22.3 Å². The molecule has 0 bridgehead atoms. The maximum atomic E-state index is 12.4. The second-order valence-electron chi connectivity index (χ2n) is 7.87. The molecule has 144 valence electrons. The number of rotatable bonds is 3. The number of benzene rings is 2. The molecular weight excluding hydrogens is 348 g/mol. The molecule has 1 heterocycles. The lowest BCUT2D eigenvalue weighted by molar-refractivity contribution is 0.649. The third-order valence-corrected chi connectivity index (χ3v) is 6.19. The van der Waals surface area contributed by atoms with Crippen molar-refractivity contribution in [2.75, 3.05) is 36.0 Å². The van der Waals surface area contributed by atoms with Crippen molar-refractivity contribution in [3.63, 3.8) is 0 Å². The highest BCUT2D eigenvalue weighted by atomic mass is 16.2. The zero-order chi connectivity index (χ0) is 20.0. The van der Waals surface area contributed by atoms with E-state index in [1.807, 2.05) is 25.1 Å². The number of piperazine rings is 1. The summed E-state index contributed by atoms with van der Waals surface area (Å²) >= 11 is 0. The van der Waals surface area contributed by atoms with Crippen molar-refractivity contribution in [3.8, 4) is 11.1 Å². The molecule has 0 aromatic heterocycles. The molecular formula is C24H26N2O2. The summed E-state index contributed by atoms with van der Waals surface area (Å²) in [5, 5.41) is 0. The number of aryl methyl sites for hydroxylation is 3. The van der Waals surface area contributed by atoms with Crippen molar-refractivity contribution >= 4 is 11.4 Å². The summed E-state index contributed by atoms with van der Waals surface area (Å²) < 4.78 is 0. The molecule has 0 spiro atoms. The fraction of sp³-hybridized carbons (Fsp3) is 0.333. The molecule has 0 saturated carbocycles. The Bertz CT molecular complexity index is 1110. The van der Waals surface area contributed by atoms with Gasteiger partial charge in [-0.3, -0.25) is 9.59 Å². The summed E-state index contributed by atoms with van der Waals surface area (Å²) in [5.74, 6) is 0. The number of hydrogen-bond donors (Lipinski definition) is 0. The van der Waals surface area contributed by atoms with Crippen LogP contribution in [-0.4, -0.2) is 26.2 Å². The summed E-state index contributed by atoms with van der Waals surface area (Å²) in [6.07, 6.45) is 0. The first-order valence-electron chi connectivity index (χ1n) is 9.85. The second kappa shape index (κ2) is 6.93. The average molecular weight is 374 g/mol. The maximum Gasteiger partial charge on any atom is 0.250 e. The summed E-state index contributed by atoms with van der Waals surface area (Å²) in [6, 6.07) is 12.4. The molecule has 4 nitrogen and oxygen atoms in total. The van der Waals surface area contributed by atoms with E-state index >= 15 is 0 Å². The molecule has 0 amide bonds. The van der Waals surface area contributed by atoms with Gasteiger partial charge in [0.2, 0.25) is 10.9 Å². The van der Waals surface area contributed by atoms with Gasteiger partial charge in [0.1, 0.15) is 5.69 Å². The minimum Gasteiger partial charge on any atom is -0.368 e. The van der Waals surface area contributed by atoms with Crippen LogP contribution in [0.5, 0.6) is 0 Å². The van der Waals surface area contributed by atoms with E-state index in [-0.39, 0.29) is 10.9 Å². The molecule has 0 unspecified atom stereocenters. The first kappa shape index (κ1) is 18.5. The van der Waals surface area contributed by atoms with Crippen molar-refractivity contribution in [1.82, 2.24) is 0 Å². The van der Waals surface area contributed by atoms with Crippen molar-refractivity contribution in [1.29, 1.82) is 0 Å². The van der Waals surface area contributed by atoms with Gasteiger partial charge in [0.05, 0.1) is 5.56 Å². The van der Waals surface area contributed by atoms with Gasteiger partial charge in [0, 0.05) is 31.9 Å². The van der Waals surface area contributed by atoms with Crippen LogP contribution in [0.25, 0.3) is 11.1 Å². The molecule has 1 aliphatic rings. The molecule has 3 aromatic rings. The van der Waals surface area contributed by atoms with Crippen LogP contribution in [0.15, 0.2) is 46.0 Å². The molecule has 4 heteroatoms. The van der Waals surface area contributed by atoms with E-state index in [0.717, 1.165) is 37.3 Å². The Hall–Kier alpha value is -2.88. The van der Waals surface area contributed by atoms with Crippen molar-refractivity contribution in [2.24, 2.45) is 0 Å². The Morgan fingerprint density at radius 3 is 2.07 bits per heavy atom. The summed E-state index contributed by atoms with van der Waals surface area (Å²) in [7, 11) is 0. The Balaban J connectivity index is 1.58. The quantitative estimate of drug-likeness (QED) is 0.658. The van der Waals surface area contributed by atoms with Crippen LogP contribution < -0.4 is 20.7 Å². The summed E-state index contributed by atoms with van der Waals surface area (Å²) in [5.41, 5.74) is 7.55. The Labute approximate surface area is 165 Å². The van der Waals surface area contributed by atoms with Gasteiger partial charge >= 0.3 is 0 Å². The highest BCUT2D eigenvalue weighted by Crippen LogP contribution is 2.30. The molecule has 0 atom stereocenters. The first-order chi connectivity index (χ1) is 13.4. The standard InChI is InChI=1S/C24H26N2O2/c1-15-8-9-19(14-17(15)3)21-22(24(28)23(21)27)26-12-10-25(11-13-26)20-7-5-6-16(2)18(20)4/h5-9,14H,10-13H2,1-4H3. The van der Waals surface area contributed by atoms with Gasteiger partial charge in [-0.15, -0.1) is 0 Å². The van der Waals surface area contributed by atoms with E-state index in [1.165, 1.54) is 22.4 Å². The summed E-state index contributed by atoms with van der Waals surface area (Å²) in [6.45, 7) is 11.6. The monoisotopic (exact) mass is 374 g/mol. The second-order valence-corrected chi connectivity index (χ2v) is 7.87. The molecule has 1 fully saturated rings. The van der Waals surface area contributed by atoms with E-state index in [2.05, 4.69) is 48.8 Å². The third kappa shape index (κ3) is 2.93. The molecule has 1 aliphatic heterocycles. The molecule has 1 saturated heterocycles. The van der Waals surface area contributed by atoms with Gasteiger partial charge < -0.3 is 9.80 Å².